The maximum absolute atomic E-state index is 4.06. The van der Waals surface area contributed by atoms with E-state index in [0.29, 0.717) is 11.8 Å². The molecule has 1 rings (SSSR count). The molecule has 0 spiro atoms. The molecule has 12 heavy (non-hydrogen) atoms. The molecule has 0 saturated heterocycles. The Hall–Kier alpha value is -0.340. The van der Waals surface area contributed by atoms with Crippen molar-refractivity contribution in [3.8, 4) is 0 Å². The molecule has 0 fully saturated rings. The van der Waals surface area contributed by atoms with Gasteiger partial charge in [0.1, 0.15) is 5.69 Å². The number of rotatable bonds is 2. The molecule has 0 aliphatic rings. The Morgan fingerprint density at radius 3 is 2.00 bits per heavy atom. The van der Waals surface area contributed by atoms with Crippen LogP contribution in [-0.2, 0) is 0 Å². The van der Waals surface area contributed by atoms with Gasteiger partial charge in [0, 0.05) is 10.9 Å². The van der Waals surface area contributed by atoms with Gasteiger partial charge in [-0.2, -0.15) is 0 Å². The van der Waals surface area contributed by atoms with Crippen LogP contribution in [0.3, 0.4) is 0 Å². The van der Waals surface area contributed by atoms with E-state index in [2.05, 4.69) is 39.5 Å². The van der Waals surface area contributed by atoms with E-state index >= 15 is 0 Å². The standard InChI is InChI=1S/C10H17NS/c1-6(2)9-5-8(11)10(12-9)7(3)4/h5-7H,11H2,1-4H3/p+1. The van der Waals surface area contributed by atoms with Gasteiger partial charge in [0.05, 0.1) is 4.88 Å². The predicted octanol–water partition coefficient (Wildman–Crippen LogP) is 2.87. The van der Waals surface area contributed by atoms with Gasteiger partial charge in [-0.05, 0) is 11.8 Å². The van der Waals surface area contributed by atoms with Crippen molar-refractivity contribution in [2.24, 2.45) is 0 Å². The fraction of sp³-hybridized carbons (Fsp3) is 0.600. The summed E-state index contributed by atoms with van der Waals surface area (Å²) in [6, 6.07) is 2.23. The zero-order chi connectivity index (χ0) is 9.30. The highest BCUT2D eigenvalue weighted by atomic mass is 32.1. The molecular formula is C10H18NS+. The van der Waals surface area contributed by atoms with Crippen molar-refractivity contribution in [1.82, 2.24) is 0 Å². The number of hydrogen-bond donors (Lipinski definition) is 1. The summed E-state index contributed by atoms with van der Waals surface area (Å²) in [6.45, 7) is 8.92. The lowest BCUT2D eigenvalue weighted by molar-refractivity contribution is -0.255. The van der Waals surface area contributed by atoms with Gasteiger partial charge in [0.2, 0.25) is 0 Å². The first-order chi connectivity index (χ1) is 5.52. The molecule has 0 amide bonds. The summed E-state index contributed by atoms with van der Waals surface area (Å²) in [4.78, 5) is 2.90. The summed E-state index contributed by atoms with van der Waals surface area (Å²) in [5.74, 6) is 1.26. The summed E-state index contributed by atoms with van der Waals surface area (Å²) >= 11 is 1.91. The summed E-state index contributed by atoms with van der Waals surface area (Å²) in [5, 5.41) is 0. The molecule has 0 aliphatic carbocycles. The molecule has 0 unspecified atom stereocenters. The molecule has 3 N–H and O–H groups in total. The Morgan fingerprint density at radius 1 is 1.17 bits per heavy atom. The quantitative estimate of drug-likeness (QED) is 0.732. The van der Waals surface area contributed by atoms with E-state index in [0.717, 1.165) is 0 Å². The average molecular weight is 184 g/mol. The highest BCUT2D eigenvalue weighted by Gasteiger charge is 2.13. The molecule has 0 aliphatic heterocycles. The zero-order valence-electron chi connectivity index (χ0n) is 8.35. The topological polar surface area (TPSA) is 27.6 Å². The predicted molar refractivity (Wildman–Crippen MR) is 55.0 cm³/mol. The van der Waals surface area contributed by atoms with E-state index < -0.39 is 0 Å². The van der Waals surface area contributed by atoms with Crippen LogP contribution in [-0.4, -0.2) is 0 Å². The molecule has 1 nitrogen and oxygen atoms in total. The monoisotopic (exact) mass is 184 g/mol. The highest BCUT2D eigenvalue weighted by Crippen LogP contribution is 2.33. The second-order valence-electron chi connectivity index (χ2n) is 3.85. The third kappa shape index (κ3) is 1.87. The molecule has 2 heteroatoms. The number of thiophene rings is 1. The van der Waals surface area contributed by atoms with Crippen LogP contribution in [0, 0.1) is 0 Å². The Labute approximate surface area is 78.6 Å². The van der Waals surface area contributed by atoms with Gasteiger partial charge in [0.15, 0.2) is 0 Å². The van der Waals surface area contributed by atoms with Crippen LogP contribution in [0.4, 0.5) is 5.69 Å². The van der Waals surface area contributed by atoms with Crippen LogP contribution in [0.5, 0.6) is 0 Å². The maximum atomic E-state index is 4.06. The van der Waals surface area contributed by atoms with E-state index in [9.17, 15) is 0 Å². The maximum Gasteiger partial charge on any atom is 0.142 e. The average Bonchev–Trinajstić information content (AvgIpc) is 2.30. The van der Waals surface area contributed by atoms with Gasteiger partial charge in [-0.15, -0.1) is 11.3 Å². The Morgan fingerprint density at radius 2 is 1.75 bits per heavy atom. The second kappa shape index (κ2) is 3.58. The Balaban J connectivity index is 3.00. The van der Waals surface area contributed by atoms with E-state index in [1.807, 2.05) is 11.3 Å². The SMILES string of the molecule is CC(C)c1cc([NH3+])c(C(C)C)s1. The third-order valence-electron chi connectivity index (χ3n) is 1.95. The summed E-state index contributed by atoms with van der Waals surface area (Å²) in [7, 11) is 0. The van der Waals surface area contributed by atoms with Crippen LogP contribution in [0.2, 0.25) is 0 Å². The normalized spacial score (nSPS) is 11.6. The molecule has 0 aromatic carbocycles. The van der Waals surface area contributed by atoms with Crippen molar-refractivity contribution in [2.45, 2.75) is 39.5 Å². The minimum absolute atomic E-state index is 0.620. The van der Waals surface area contributed by atoms with Crippen molar-refractivity contribution in [1.29, 1.82) is 0 Å². The molecule has 0 atom stereocenters. The van der Waals surface area contributed by atoms with E-state index in [4.69, 9.17) is 0 Å². The van der Waals surface area contributed by atoms with Crippen LogP contribution < -0.4 is 5.73 Å². The van der Waals surface area contributed by atoms with Crippen molar-refractivity contribution in [3.63, 3.8) is 0 Å². The Kier molecular flexibility index (Phi) is 2.91. The fourth-order valence-corrected chi connectivity index (χ4v) is 2.35. The van der Waals surface area contributed by atoms with Crippen molar-refractivity contribution in [2.75, 3.05) is 0 Å². The lowest BCUT2D eigenvalue weighted by Gasteiger charge is -1.99. The van der Waals surface area contributed by atoms with Crippen LogP contribution in [0.15, 0.2) is 6.07 Å². The molecule has 1 aromatic rings. The molecular weight excluding hydrogens is 166 g/mol. The van der Waals surface area contributed by atoms with Gasteiger partial charge >= 0.3 is 0 Å². The van der Waals surface area contributed by atoms with Crippen molar-refractivity contribution >= 4 is 17.0 Å². The zero-order valence-corrected chi connectivity index (χ0v) is 9.16. The summed E-state index contributed by atoms with van der Waals surface area (Å²) in [6.07, 6.45) is 0. The smallest absolute Gasteiger partial charge is 0.142 e. The molecule has 0 bridgehead atoms. The van der Waals surface area contributed by atoms with Crippen LogP contribution in [0.1, 0.15) is 49.3 Å². The summed E-state index contributed by atoms with van der Waals surface area (Å²) < 4.78 is 0. The van der Waals surface area contributed by atoms with E-state index in [1.165, 1.54) is 15.4 Å². The van der Waals surface area contributed by atoms with Gasteiger partial charge in [-0.3, -0.25) is 0 Å². The van der Waals surface area contributed by atoms with E-state index in [-0.39, 0.29) is 0 Å². The minimum Gasteiger partial charge on any atom is -0.324 e. The second-order valence-corrected chi connectivity index (χ2v) is 4.96. The number of hydrogen-bond acceptors (Lipinski definition) is 1. The fourth-order valence-electron chi connectivity index (χ4n) is 1.24. The molecule has 68 valence electrons. The largest absolute Gasteiger partial charge is 0.324 e. The first kappa shape index (κ1) is 9.75. The minimum atomic E-state index is 0.620. The third-order valence-corrected chi connectivity index (χ3v) is 3.73. The highest BCUT2D eigenvalue weighted by molar-refractivity contribution is 7.12. The van der Waals surface area contributed by atoms with Crippen molar-refractivity contribution in [3.05, 3.63) is 15.8 Å². The molecule has 1 heterocycles. The number of quaternary nitrogens is 1. The lowest BCUT2D eigenvalue weighted by atomic mass is 10.1. The van der Waals surface area contributed by atoms with Crippen molar-refractivity contribution < 1.29 is 5.73 Å². The first-order valence-electron chi connectivity index (χ1n) is 4.48. The van der Waals surface area contributed by atoms with Gasteiger partial charge in [-0.1, -0.05) is 27.7 Å². The van der Waals surface area contributed by atoms with E-state index in [1.54, 1.807) is 0 Å². The molecule has 1 aromatic heterocycles. The van der Waals surface area contributed by atoms with Gasteiger partial charge in [0.25, 0.3) is 0 Å². The van der Waals surface area contributed by atoms with Gasteiger partial charge < -0.3 is 5.73 Å². The lowest BCUT2D eigenvalue weighted by Crippen LogP contribution is -2.40. The molecule has 0 radical (unpaired) electrons. The molecule has 0 saturated carbocycles. The first-order valence-corrected chi connectivity index (χ1v) is 5.29. The summed E-state index contributed by atoms with van der Waals surface area (Å²) in [5.41, 5.74) is 5.28. The van der Waals surface area contributed by atoms with Crippen LogP contribution in [0.25, 0.3) is 0 Å². The Bertz CT molecular complexity index is 261. The van der Waals surface area contributed by atoms with Crippen LogP contribution >= 0.6 is 11.3 Å². The van der Waals surface area contributed by atoms with Gasteiger partial charge in [-0.25, -0.2) is 0 Å².